The third-order valence-corrected chi connectivity index (χ3v) is 3.40. The van der Waals surface area contributed by atoms with Crippen molar-refractivity contribution in [2.45, 2.75) is 6.18 Å². The van der Waals surface area contributed by atoms with Crippen molar-refractivity contribution in [2.75, 3.05) is 23.7 Å². The van der Waals surface area contributed by atoms with E-state index in [-0.39, 0.29) is 22.6 Å². The first-order valence-electron chi connectivity index (χ1n) is 7.52. The first-order chi connectivity index (χ1) is 12.2. The van der Waals surface area contributed by atoms with Gasteiger partial charge in [0.05, 0.1) is 23.6 Å². The average Bonchev–Trinajstić information content (AvgIpc) is 2.59. The lowest BCUT2D eigenvalue weighted by atomic mass is 10.1. The van der Waals surface area contributed by atoms with E-state index in [4.69, 9.17) is 0 Å². The summed E-state index contributed by atoms with van der Waals surface area (Å²) in [5.41, 5.74) is 2.52. The summed E-state index contributed by atoms with van der Waals surface area (Å²) < 4.78 is 38.2. The number of halogens is 3. The Morgan fingerprint density at radius 2 is 1.92 bits per heavy atom. The Hall–Kier alpha value is -3.14. The van der Waals surface area contributed by atoms with Gasteiger partial charge in [0.25, 0.3) is 11.6 Å². The van der Waals surface area contributed by atoms with Crippen molar-refractivity contribution in [3.63, 3.8) is 0 Å². The summed E-state index contributed by atoms with van der Waals surface area (Å²) >= 11 is 0. The van der Waals surface area contributed by atoms with Crippen LogP contribution < -0.4 is 16.4 Å². The van der Waals surface area contributed by atoms with E-state index in [1.165, 1.54) is 18.2 Å². The number of nitrogens with one attached hydrogen (secondary N) is 2. The van der Waals surface area contributed by atoms with E-state index in [1.807, 2.05) is 0 Å². The fraction of sp³-hybridized carbons (Fsp3) is 0.188. The van der Waals surface area contributed by atoms with Crippen LogP contribution in [0.1, 0.15) is 15.9 Å². The van der Waals surface area contributed by atoms with Gasteiger partial charge in [-0.2, -0.15) is 13.2 Å². The number of rotatable bonds is 6. The van der Waals surface area contributed by atoms with Gasteiger partial charge in [-0.15, -0.1) is 0 Å². The van der Waals surface area contributed by atoms with Gasteiger partial charge in [0, 0.05) is 17.3 Å². The fourth-order valence-electron chi connectivity index (χ4n) is 2.17. The molecule has 0 aromatic heterocycles. The maximum absolute atomic E-state index is 12.7. The second kappa shape index (κ2) is 7.83. The quantitative estimate of drug-likeness (QED) is 0.536. The summed E-state index contributed by atoms with van der Waals surface area (Å²) in [5.74, 6) is -0.754. The number of anilines is 2. The van der Waals surface area contributed by atoms with E-state index in [0.717, 1.165) is 24.3 Å². The normalized spacial score (nSPS) is 11.1. The highest BCUT2D eigenvalue weighted by atomic mass is 19.4. The maximum atomic E-state index is 12.7. The molecule has 0 aliphatic carbocycles. The molecule has 0 radical (unpaired) electrons. The summed E-state index contributed by atoms with van der Waals surface area (Å²) in [6, 6.07) is 7.91. The van der Waals surface area contributed by atoms with Crippen LogP contribution in [0.5, 0.6) is 0 Å². The van der Waals surface area contributed by atoms with E-state index < -0.39 is 22.6 Å². The van der Waals surface area contributed by atoms with Crippen LogP contribution in [0, 0.1) is 10.1 Å². The average molecular weight is 369 g/mol. The number of nitro groups is 1. The van der Waals surface area contributed by atoms with Gasteiger partial charge >= 0.3 is 6.18 Å². The van der Waals surface area contributed by atoms with Crippen molar-refractivity contribution in [3.8, 4) is 0 Å². The van der Waals surface area contributed by atoms with Crippen LogP contribution in [0.15, 0.2) is 42.5 Å². The zero-order valence-corrected chi connectivity index (χ0v) is 13.5. The highest BCUT2D eigenvalue weighted by molar-refractivity contribution is 6.05. The predicted molar refractivity (Wildman–Crippen MR) is 88.7 cm³/mol. The van der Waals surface area contributed by atoms with Crippen molar-refractivity contribution in [3.05, 3.63) is 63.7 Å². The second-order valence-electron chi connectivity index (χ2n) is 5.30. The monoisotopic (exact) mass is 369 g/mol. The number of quaternary nitrogens is 1. The standard InChI is InChI=1S/C16H15F3N4O3/c17-16(18,19)11-2-1-3-12(9-11)22-15(24)10-4-5-13(21-7-6-20)14(8-10)23(25)26/h1-5,8-9,21H,6-7,20H2,(H,22,24)/p+1. The summed E-state index contributed by atoms with van der Waals surface area (Å²) in [7, 11) is 0. The van der Waals surface area contributed by atoms with Gasteiger partial charge < -0.3 is 16.4 Å². The molecule has 0 aliphatic heterocycles. The Labute approximate surface area is 146 Å². The molecule has 0 saturated heterocycles. The number of carbonyl (C=O) groups is 1. The fourth-order valence-corrected chi connectivity index (χ4v) is 2.17. The summed E-state index contributed by atoms with van der Waals surface area (Å²) in [4.78, 5) is 22.7. The molecule has 0 atom stereocenters. The minimum atomic E-state index is -4.54. The second-order valence-corrected chi connectivity index (χ2v) is 5.30. The lowest BCUT2D eigenvalue weighted by Crippen LogP contribution is -2.53. The van der Waals surface area contributed by atoms with Gasteiger partial charge in [-0.1, -0.05) is 6.07 Å². The molecular weight excluding hydrogens is 353 g/mol. The molecule has 0 unspecified atom stereocenters. The van der Waals surface area contributed by atoms with Crippen molar-refractivity contribution >= 4 is 23.0 Å². The highest BCUT2D eigenvalue weighted by Crippen LogP contribution is 2.31. The van der Waals surface area contributed by atoms with Gasteiger partial charge in [-0.05, 0) is 30.3 Å². The lowest BCUT2D eigenvalue weighted by molar-refractivity contribution is -0.384. The number of hydrogen-bond donors (Lipinski definition) is 3. The van der Waals surface area contributed by atoms with E-state index >= 15 is 0 Å². The minimum Gasteiger partial charge on any atom is -0.374 e. The molecule has 2 rings (SSSR count). The number of hydrogen-bond acceptors (Lipinski definition) is 4. The summed E-state index contributed by atoms with van der Waals surface area (Å²) in [6.45, 7) is 0.922. The Balaban J connectivity index is 2.24. The largest absolute Gasteiger partial charge is 0.416 e. The molecule has 138 valence electrons. The number of amides is 1. The van der Waals surface area contributed by atoms with Crippen LogP contribution in [0.3, 0.4) is 0 Å². The van der Waals surface area contributed by atoms with Crippen LogP contribution in [0.2, 0.25) is 0 Å². The third kappa shape index (κ3) is 4.70. The first-order valence-corrected chi connectivity index (χ1v) is 7.52. The number of benzene rings is 2. The van der Waals surface area contributed by atoms with E-state index in [9.17, 15) is 28.1 Å². The van der Waals surface area contributed by atoms with Crippen LogP contribution in [-0.4, -0.2) is 23.9 Å². The SMILES string of the molecule is [NH3+]CCNc1ccc(C(=O)Nc2cccc(C(F)(F)F)c2)cc1[N+](=O)[O-]. The summed E-state index contributed by atoms with van der Waals surface area (Å²) in [5, 5.41) is 16.3. The first kappa shape index (κ1) is 19.2. The van der Waals surface area contributed by atoms with Crippen LogP contribution >= 0.6 is 0 Å². The molecule has 1 amide bonds. The van der Waals surface area contributed by atoms with Gasteiger partial charge in [0.15, 0.2) is 0 Å². The molecule has 5 N–H and O–H groups in total. The minimum absolute atomic E-state index is 0.0470. The van der Waals surface area contributed by atoms with Crippen LogP contribution in [-0.2, 0) is 6.18 Å². The molecule has 10 heteroatoms. The van der Waals surface area contributed by atoms with Crippen LogP contribution in [0.25, 0.3) is 0 Å². The predicted octanol–water partition coefficient (Wildman–Crippen LogP) is 2.52. The molecule has 0 spiro atoms. The molecule has 0 aliphatic rings. The van der Waals surface area contributed by atoms with Gasteiger partial charge in [0.2, 0.25) is 0 Å². The molecule has 0 saturated carbocycles. The van der Waals surface area contributed by atoms with E-state index in [2.05, 4.69) is 16.4 Å². The van der Waals surface area contributed by atoms with Crippen molar-refractivity contribution in [2.24, 2.45) is 0 Å². The number of nitro benzene ring substituents is 1. The zero-order chi connectivity index (χ0) is 19.3. The Morgan fingerprint density at radius 1 is 1.19 bits per heavy atom. The molecule has 2 aromatic carbocycles. The van der Waals surface area contributed by atoms with E-state index in [0.29, 0.717) is 13.1 Å². The molecular formula is C16H16F3N4O3+. The Morgan fingerprint density at radius 3 is 2.54 bits per heavy atom. The molecule has 26 heavy (non-hydrogen) atoms. The third-order valence-electron chi connectivity index (χ3n) is 3.40. The highest BCUT2D eigenvalue weighted by Gasteiger charge is 2.30. The topological polar surface area (TPSA) is 112 Å². The van der Waals surface area contributed by atoms with Crippen LogP contribution in [0.4, 0.5) is 30.2 Å². The van der Waals surface area contributed by atoms with Gasteiger partial charge in [-0.3, -0.25) is 14.9 Å². The molecule has 0 bridgehead atoms. The number of alkyl halides is 3. The molecule has 7 nitrogen and oxygen atoms in total. The van der Waals surface area contributed by atoms with Gasteiger partial charge in [0.1, 0.15) is 5.69 Å². The maximum Gasteiger partial charge on any atom is 0.416 e. The lowest BCUT2D eigenvalue weighted by Gasteiger charge is -2.10. The number of carbonyl (C=O) groups excluding carboxylic acids is 1. The summed E-state index contributed by atoms with van der Waals surface area (Å²) in [6.07, 6.45) is -4.54. The molecule has 0 fully saturated rings. The Bertz CT molecular complexity index is 825. The van der Waals surface area contributed by atoms with Crippen molar-refractivity contribution in [1.82, 2.24) is 0 Å². The smallest absolute Gasteiger partial charge is 0.374 e. The van der Waals surface area contributed by atoms with Crippen molar-refractivity contribution < 1.29 is 28.6 Å². The van der Waals surface area contributed by atoms with Gasteiger partial charge in [-0.25, -0.2) is 0 Å². The van der Waals surface area contributed by atoms with E-state index in [1.54, 1.807) is 0 Å². The zero-order valence-electron chi connectivity index (χ0n) is 13.5. The number of nitrogens with zero attached hydrogens (tertiary/aromatic N) is 1. The van der Waals surface area contributed by atoms with Crippen molar-refractivity contribution in [1.29, 1.82) is 0 Å². The molecule has 2 aromatic rings. The Kier molecular flexibility index (Phi) is 5.78. The molecule has 0 heterocycles.